The highest BCUT2D eigenvalue weighted by molar-refractivity contribution is 5.48. The second-order valence-electron chi connectivity index (χ2n) is 7.70. The quantitative estimate of drug-likeness (QED) is 0.471. The summed E-state index contributed by atoms with van der Waals surface area (Å²) in [4.78, 5) is 0. The Labute approximate surface area is 158 Å². The molecule has 4 aliphatic carbocycles. The van der Waals surface area contributed by atoms with Gasteiger partial charge in [-0.1, -0.05) is 0 Å². The number of hydrogen-bond acceptors (Lipinski definition) is 4. The Hall–Kier alpha value is -1.00. The van der Waals surface area contributed by atoms with Crippen molar-refractivity contribution >= 4 is 0 Å². The molecule has 0 heterocycles. The van der Waals surface area contributed by atoms with E-state index < -0.39 is 83.6 Å². The van der Waals surface area contributed by atoms with Gasteiger partial charge in [0.1, 0.15) is 0 Å². The molecule has 4 nitrogen and oxygen atoms in total. The van der Waals surface area contributed by atoms with Crippen LogP contribution < -0.4 is 0 Å². The van der Waals surface area contributed by atoms with Gasteiger partial charge in [-0.3, -0.25) is 0 Å². The first-order valence-electron chi connectivity index (χ1n) is 7.95. The summed E-state index contributed by atoms with van der Waals surface area (Å²) < 4.78 is 180. The molecule has 16 heteroatoms. The molecular weight excluding hydrogens is 460 g/mol. The van der Waals surface area contributed by atoms with E-state index in [1.165, 1.54) is 0 Å². The Balaban J connectivity index is 2.80. The third-order valence-corrected chi connectivity index (χ3v) is 7.38. The van der Waals surface area contributed by atoms with Gasteiger partial charge in [-0.25, -0.2) is 52.7 Å². The molecule has 4 bridgehead atoms. The van der Waals surface area contributed by atoms with Gasteiger partial charge in [0.2, 0.25) is 0 Å². The number of hydrogen-bond donors (Lipinski definition) is 4. The number of rotatable bonds is 4. The van der Waals surface area contributed by atoms with Crippen LogP contribution in [0.5, 0.6) is 0 Å². The molecule has 0 aromatic rings. The van der Waals surface area contributed by atoms with Crippen molar-refractivity contribution in [3.63, 3.8) is 0 Å². The average Bonchev–Trinajstić information content (AvgIpc) is 2.52. The summed E-state index contributed by atoms with van der Waals surface area (Å²) in [6, 6.07) is 0. The van der Waals surface area contributed by atoms with Crippen LogP contribution in [0.4, 0.5) is 52.7 Å². The first-order valence-corrected chi connectivity index (χ1v) is 7.95. The molecule has 0 aromatic carbocycles. The lowest BCUT2D eigenvalue weighted by molar-refractivity contribution is -0.634. The van der Waals surface area contributed by atoms with E-state index in [4.69, 9.17) is 20.4 Å². The van der Waals surface area contributed by atoms with Crippen molar-refractivity contribution < 1.29 is 73.1 Å². The van der Waals surface area contributed by atoms with E-state index in [9.17, 15) is 0 Å². The van der Waals surface area contributed by atoms with Gasteiger partial charge in [0, 0.05) is 0 Å². The Bertz CT molecular complexity index is 576. The Morgan fingerprint density at radius 1 is 0.300 bits per heavy atom. The summed E-state index contributed by atoms with van der Waals surface area (Å²) in [5, 5.41) is 36.6. The van der Waals surface area contributed by atoms with Crippen LogP contribution in [0.15, 0.2) is 0 Å². The summed E-state index contributed by atoms with van der Waals surface area (Å²) in [5.74, 6) is -40.8. The minimum absolute atomic E-state index is 3.30. The zero-order valence-electron chi connectivity index (χ0n) is 14.2. The van der Waals surface area contributed by atoms with Gasteiger partial charge in [0.25, 0.3) is 35.5 Å². The number of halogens is 12. The highest BCUT2D eigenvalue weighted by Gasteiger charge is 3.18. The highest BCUT2D eigenvalue weighted by Crippen LogP contribution is 2.94. The lowest BCUT2D eigenvalue weighted by Gasteiger charge is -2.80. The van der Waals surface area contributed by atoms with Crippen molar-refractivity contribution in [1.82, 2.24) is 0 Å². The molecule has 0 radical (unpaired) electrons. The number of aliphatic hydroxyl groups is 4. The van der Waals surface area contributed by atoms with Gasteiger partial charge in [0.05, 0.1) is 26.4 Å². The third-order valence-electron chi connectivity index (χ3n) is 7.38. The lowest BCUT2D eigenvalue weighted by atomic mass is 9.27. The van der Waals surface area contributed by atoms with Gasteiger partial charge in [-0.05, 0) is 0 Å². The first kappa shape index (κ1) is 23.7. The van der Waals surface area contributed by atoms with Crippen LogP contribution in [0.1, 0.15) is 0 Å². The van der Waals surface area contributed by atoms with E-state index in [0.29, 0.717) is 0 Å². The smallest absolute Gasteiger partial charge is 0.287 e. The predicted molar refractivity (Wildman–Crippen MR) is 67.8 cm³/mol. The van der Waals surface area contributed by atoms with Crippen LogP contribution in [-0.2, 0) is 0 Å². The van der Waals surface area contributed by atoms with Gasteiger partial charge in [-0.15, -0.1) is 0 Å². The molecule has 4 fully saturated rings. The normalized spacial score (nSPS) is 48.0. The fourth-order valence-electron chi connectivity index (χ4n) is 5.74. The molecule has 4 aliphatic rings. The van der Waals surface area contributed by atoms with Gasteiger partial charge in [-0.2, -0.15) is 0 Å². The summed E-state index contributed by atoms with van der Waals surface area (Å²) in [6.45, 7) is -13.2. The molecule has 0 spiro atoms. The Kier molecular flexibility index (Phi) is 4.06. The number of aliphatic hydroxyl groups excluding tert-OH is 4. The Morgan fingerprint density at radius 3 is 0.467 bits per heavy atom. The molecule has 0 saturated heterocycles. The van der Waals surface area contributed by atoms with Crippen LogP contribution >= 0.6 is 0 Å². The predicted octanol–water partition coefficient (Wildman–Crippen LogP) is 1.75. The molecule has 4 N–H and O–H groups in total. The zero-order valence-corrected chi connectivity index (χ0v) is 14.2. The zero-order chi connectivity index (χ0) is 23.8. The second kappa shape index (κ2) is 5.14. The van der Waals surface area contributed by atoms with Crippen molar-refractivity contribution in [2.75, 3.05) is 26.4 Å². The molecule has 30 heavy (non-hydrogen) atoms. The molecule has 4 saturated carbocycles. The Morgan fingerprint density at radius 2 is 0.400 bits per heavy atom. The lowest BCUT2D eigenvalue weighted by Crippen LogP contribution is -3.05. The van der Waals surface area contributed by atoms with E-state index in [2.05, 4.69) is 0 Å². The van der Waals surface area contributed by atoms with Crippen LogP contribution in [0.25, 0.3) is 0 Å². The van der Waals surface area contributed by atoms with Crippen molar-refractivity contribution in [3.8, 4) is 0 Å². The van der Waals surface area contributed by atoms with E-state index in [-0.39, 0.29) is 0 Å². The molecule has 0 unspecified atom stereocenters. The van der Waals surface area contributed by atoms with E-state index in [1.54, 1.807) is 0 Å². The summed E-state index contributed by atoms with van der Waals surface area (Å²) in [7, 11) is 0. The minimum atomic E-state index is -6.81. The topological polar surface area (TPSA) is 80.9 Å². The molecule has 0 atom stereocenters. The summed E-state index contributed by atoms with van der Waals surface area (Å²) in [6.07, 6.45) is 0. The maximum absolute atomic E-state index is 15.0. The van der Waals surface area contributed by atoms with Crippen LogP contribution in [0.3, 0.4) is 0 Å². The third kappa shape index (κ3) is 1.29. The van der Waals surface area contributed by atoms with Crippen LogP contribution in [-0.4, -0.2) is 82.4 Å². The molecule has 176 valence electrons. The van der Waals surface area contributed by atoms with Gasteiger partial charge < -0.3 is 20.4 Å². The highest BCUT2D eigenvalue weighted by atomic mass is 19.3. The maximum atomic E-state index is 15.0. The summed E-state index contributed by atoms with van der Waals surface area (Å²) in [5.41, 5.74) is -24.3. The SMILES string of the molecule is OCC12C(F)(F)C3(CO)C(F)(F)C(CO)(C1(F)F)C(F)(F)C(CO)(C2(F)F)C3(F)F. The second-order valence-corrected chi connectivity index (χ2v) is 7.70. The van der Waals surface area contributed by atoms with E-state index in [1.807, 2.05) is 0 Å². The van der Waals surface area contributed by atoms with Crippen molar-refractivity contribution in [3.05, 3.63) is 0 Å². The van der Waals surface area contributed by atoms with E-state index in [0.717, 1.165) is 0 Å². The van der Waals surface area contributed by atoms with Crippen LogP contribution in [0, 0.1) is 21.7 Å². The monoisotopic (exact) mass is 472 g/mol. The van der Waals surface area contributed by atoms with Crippen molar-refractivity contribution in [2.45, 2.75) is 35.5 Å². The van der Waals surface area contributed by atoms with Gasteiger partial charge in [0.15, 0.2) is 21.7 Å². The van der Waals surface area contributed by atoms with Crippen molar-refractivity contribution in [2.24, 2.45) is 21.7 Å². The van der Waals surface area contributed by atoms with Gasteiger partial charge >= 0.3 is 0 Å². The number of alkyl halides is 12. The maximum Gasteiger partial charge on any atom is 0.287 e. The molecule has 0 aliphatic heterocycles. The molecule has 4 rings (SSSR count). The molecular formula is C14H12F12O4. The first-order chi connectivity index (χ1) is 13.2. The fourth-order valence-corrected chi connectivity index (χ4v) is 5.74. The standard InChI is InChI=1S/C14H12F12O4/c15-9(16)5(1-27)10(17,18)7(3-29)12(21,22)6(9,2-28)13(23,24)8(4-30,11(5,19)20)14(7,25)26/h27-30H,1-4H2. The van der Waals surface area contributed by atoms with E-state index >= 15 is 52.7 Å². The minimum Gasteiger partial charge on any atom is -0.395 e. The fraction of sp³-hybridized carbons (Fsp3) is 1.00. The summed E-state index contributed by atoms with van der Waals surface area (Å²) >= 11 is 0. The molecule has 0 amide bonds. The average molecular weight is 472 g/mol. The van der Waals surface area contributed by atoms with Crippen LogP contribution in [0.2, 0.25) is 0 Å². The molecule has 0 aromatic heterocycles. The van der Waals surface area contributed by atoms with Crippen molar-refractivity contribution in [1.29, 1.82) is 0 Å². The largest absolute Gasteiger partial charge is 0.395 e.